The van der Waals surface area contributed by atoms with Gasteiger partial charge in [0.2, 0.25) is 0 Å². The van der Waals surface area contributed by atoms with Gasteiger partial charge in [-0.1, -0.05) is 18.2 Å². The summed E-state index contributed by atoms with van der Waals surface area (Å²) >= 11 is 0. The Kier molecular flexibility index (Phi) is 5.21. The molecule has 0 unspecified atom stereocenters. The van der Waals surface area contributed by atoms with Gasteiger partial charge < -0.3 is 9.72 Å². The molecule has 1 fully saturated rings. The molecule has 4 rings (SSSR count). The van der Waals surface area contributed by atoms with Crippen molar-refractivity contribution in [2.24, 2.45) is 0 Å². The number of para-hydroxylation sites is 1. The van der Waals surface area contributed by atoms with Gasteiger partial charge in [-0.3, -0.25) is 9.88 Å². The fourth-order valence-corrected chi connectivity index (χ4v) is 4.00. The van der Waals surface area contributed by atoms with E-state index in [-0.39, 0.29) is 5.97 Å². The maximum absolute atomic E-state index is 12.2. The van der Waals surface area contributed by atoms with Crippen molar-refractivity contribution in [1.29, 1.82) is 0 Å². The van der Waals surface area contributed by atoms with Crippen LogP contribution in [0.15, 0.2) is 48.8 Å². The van der Waals surface area contributed by atoms with E-state index in [1.54, 1.807) is 18.3 Å². The molecule has 1 N–H and O–H groups in total. The van der Waals surface area contributed by atoms with E-state index in [0.29, 0.717) is 24.6 Å². The molecule has 0 aliphatic carbocycles. The number of fused-ring (bicyclic) bond motifs is 1. The molecular weight excluding hydrogens is 338 g/mol. The molecule has 0 spiro atoms. The number of esters is 1. The molecule has 0 bridgehead atoms. The number of hydrogen-bond acceptors (Lipinski definition) is 4. The van der Waals surface area contributed by atoms with Gasteiger partial charge in [-0.2, -0.15) is 0 Å². The third-order valence-electron chi connectivity index (χ3n) is 5.41. The van der Waals surface area contributed by atoms with E-state index in [9.17, 15) is 4.79 Å². The molecule has 0 atom stereocenters. The molecule has 0 radical (unpaired) electrons. The lowest BCUT2D eigenvalue weighted by Crippen LogP contribution is -2.33. The van der Waals surface area contributed by atoms with Gasteiger partial charge in [0.15, 0.2) is 0 Å². The molecular formula is C22H25N3O2. The molecule has 2 aromatic heterocycles. The highest BCUT2D eigenvalue weighted by Gasteiger charge is 2.24. The summed E-state index contributed by atoms with van der Waals surface area (Å²) < 4.78 is 5.16. The monoisotopic (exact) mass is 363 g/mol. The zero-order valence-electron chi connectivity index (χ0n) is 15.6. The zero-order valence-corrected chi connectivity index (χ0v) is 15.6. The Balaban J connectivity index is 1.42. The number of likely N-dealkylation sites (tertiary alicyclic amines) is 1. The molecule has 1 aromatic carbocycles. The molecule has 140 valence electrons. The standard InChI is InChI=1S/C22H25N3O2/c1-2-27-22(26)18-7-5-11-23-21(18)15-25-12-9-16(10-13-25)19-14-24-20-8-4-3-6-17(19)20/h3-8,11,14,16,24H,2,9-10,12-13,15H2,1H3. The van der Waals surface area contributed by atoms with Crippen LogP contribution in [0.4, 0.5) is 0 Å². The maximum atomic E-state index is 12.2. The van der Waals surface area contributed by atoms with Crippen LogP contribution >= 0.6 is 0 Å². The highest BCUT2D eigenvalue weighted by Crippen LogP contribution is 2.33. The fourth-order valence-electron chi connectivity index (χ4n) is 4.00. The highest BCUT2D eigenvalue weighted by atomic mass is 16.5. The van der Waals surface area contributed by atoms with E-state index in [1.165, 1.54) is 16.5 Å². The number of piperidine rings is 1. The second kappa shape index (κ2) is 7.92. The summed E-state index contributed by atoms with van der Waals surface area (Å²) in [4.78, 5) is 22.4. The van der Waals surface area contributed by atoms with Crippen LogP contribution < -0.4 is 0 Å². The predicted octanol–water partition coefficient (Wildman–Crippen LogP) is 4.12. The number of hydrogen-bond donors (Lipinski definition) is 1. The number of pyridine rings is 1. The SMILES string of the molecule is CCOC(=O)c1cccnc1CN1CCC(c2c[nH]c3ccccc23)CC1. The van der Waals surface area contributed by atoms with Gasteiger partial charge in [-0.05, 0) is 62.5 Å². The Morgan fingerprint density at radius 1 is 1.22 bits per heavy atom. The number of aromatic nitrogens is 2. The first kappa shape index (κ1) is 17.7. The molecule has 0 saturated carbocycles. The Hall–Kier alpha value is -2.66. The largest absolute Gasteiger partial charge is 0.462 e. The van der Waals surface area contributed by atoms with E-state index in [2.05, 4.69) is 45.3 Å². The molecule has 3 heterocycles. The van der Waals surface area contributed by atoms with Crippen molar-refractivity contribution in [1.82, 2.24) is 14.9 Å². The van der Waals surface area contributed by atoms with Gasteiger partial charge in [0.25, 0.3) is 0 Å². The zero-order chi connectivity index (χ0) is 18.6. The summed E-state index contributed by atoms with van der Waals surface area (Å²) in [6, 6.07) is 12.1. The van der Waals surface area contributed by atoms with E-state index < -0.39 is 0 Å². The second-order valence-electron chi connectivity index (χ2n) is 7.06. The lowest BCUT2D eigenvalue weighted by Gasteiger charge is -2.32. The quantitative estimate of drug-likeness (QED) is 0.693. The van der Waals surface area contributed by atoms with Crippen LogP contribution in [0.3, 0.4) is 0 Å². The Bertz CT molecular complexity index is 926. The Labute approximate surface area is 159 Å². The van der Waals surface area contributed by atoms with Gasteiger partial charge in [0.1, 0.15) is 0 Å². The van der Waals surface area contributed by atoms with Crippen molar-refractivity contribution >= 4 is 16.9 Å². The fraction of sp³-hybridized carbons (Fsp3) is 0.364. The lowest BCUT2D eigenvalue weighted by atomic mass is 9.89. The van der Waals surface area contributed by atoms with Gasteiger partial charge >= 0.3 is 5.97 Å². The number of carbonyl (C=O) groups excluding carboxylic acids is 1. The van der Waals surface area contributed by atoms with Crippen molar-refractivity contribution in [2.45, 2.75) is 32.2 Å². The molecule has 1 aliphatic heterocycles. The minimum absolute atomic E-state index is 0.283. The minimum atomic E-state index is -0.283. The van der Waals surface area contributed by atoms with Crippen molar-refractivity contribution in [3.05, 3.63) is 65.6 Å². The number of ether oxygens (including phenoxy) is 1. The topological polar surface area (TPSA) is 58.2 Å². The van der Waals surface area contributed by atoms with E-state index >= 15 is 0 Å². The molecule has 5 nitrogen and oxygen atoms in total. The summed E-state index contributed by atoms with van der Waals surface area (Å²) in [5.41, 5.74) is 4.03. The first-order valence-electron chi connectivity index (χ1n) is 9.65. The van der Waals surface area contributed by atoms with Crippen LogP contribution in [-0.2, 0) is 11.3 Å². The van der Waals surface area contributed by atoms with Gasteiger partial charge in [0.05, 0.1) is 17.9 Å². The molecule has 3 aromatic rings. The van der Waals surface area contributed by atoms with Crippen molar-refractivity contribution in [3.63, 3.8) is 0 Å². The summed E-state index contributed by atoms with van der Waals surface area (Å²) in [5.74, 6) is 0.292. The van der Waals surface area contributed by atoms with Crippen LogP contribution in [0.25, 0.3) is 10.9 Å². The van der Waals surface area contributed by atoms with Gasteiger partial charge in [-0.25, -0.2) is 4.79 Å². The Morgan fingerprint density at radius 3 is 2.85 bits per heavy atom. The summed E-state index contributed by atoms with van der Waals surface area (Å²) in [6.07, 6.45) is 6.15. The number of rotatable bonds is 5. The van der Waals surface area contributed by atoms with Crippen molar-refractivity contribution < 1.29 is 9.53 Å². The number of benzene rings is 1. The number of carbonyl (C=O) groups is 1. The maximum Gasteiger partial charge on any atom is 0.340 e. The predicted molar refractivity (Wildman–Crippen MR) is 106 cm³/mol. The summed E-state index contributed by atoms with van der Waals surface area (Å²) in [5, 5.41) is 1.34. The van der Waals surface area contributed by atoms with Gasteiger partial charge in [-0.15, -0.1) is 0 Å². The number of H-pyrrole nitrogens is 1. The smallest absolute Gasteiger partial charge is 0.340 e. The number of nitrogens with one attached hydrogen (secondary N) is 1. The highest BCUT2D eigenvalue weighted by molar-refractivity contribution is 5.90. The first-order valence-corrected chi connectivity index (χ1v) is 9.65. The third-order valence-corrected chi connectivity index (χ3v) is 5.41. The van der Waals surface area contributed by atoms with Crippen LogP contribution in [0, 0.1) is 0 Å². The van der Waals surface area contributed by atoms with Crippen LogP contribution in [0.1, 0.15) is 47.3 Å². The van der Waals surface area contributed by atoms with Crippen LogP contribution in [0.5, 0.6) is 0 Å². The van der Waals surface area contributed by atoms with Crippen molar-refractivity contribution in [3.8, 4) is 0 Å². The van der Waals surface area contributed by atoms with E-state index in [1.807, 2.05) is 6.92 Å². The minimum Gasteiger partial charge on any atom is -0.462 e. The third kappa shape index (κ3) is 3.74. The Morgan fingerprint density at radius 2 is 2.04 bits per heavy atom. The molecule has 1 saturated heterocycles. The molecule has 5 heteroatoms. The summed E-state index contributed by atoms with van der Waals surface area (Å²) in [7, 11) is 0. The molecule has 1 aliphatic rings. The van der Waals surface area contributed by atoms with E-state index in [0.717, 1.165) is 31.6 Å². The number of nitrogens with zero attached hydrogens (tertiary/aromatic N) is 2. The normalized spacial score (nSPS) is 15.9. The first-order chi connectivity index (χ1) is 13.3. The van der Waals surface area contributed by atoms with Crippen LogP contribution in [0.2, 0.25) is 0 Å². The summed E-state index contributed by atoms with van der Waals surface area (Å²) in [6.45, 7) is 4.90. The van der Waals surface area contributed by atoms with E-state index in [4.69, 9.17) is 4.74 Å². The molecule has 0 amide bonds. The number of aromatic amines is 1. The second-order valence-corrected chi connectivity index (χ2v) is 7.06. The molecule has 27 heavy (non-hydrogen) atoms. The lowest BCUT2D eigenvalue weighted by molar-refractivity contribution is 0.0522. The van der Waals surface area contributed by atoms with Crippen molar-refractivity contribution in [2.75, 3.05) is 19.7 Å². The average Bonchev–Trinajstić information content (AvgIpc) is 3.13. The van der Waals surface area contributed by atoms with Gasteiger partial charge in [0, 0.05) is 29.8 Å². The van der Waals surface area contributed by atoms with Crippen LogP contribution in [-0.4, -0.2) is 40.5 Å². The average molecular weight is 363 g/mol.